The van der Waals surface area contributed by atoms with Crippen LogP contribution in [-0.4, -0.2) is 34.8 Å². The van der Waals surface area contributed by atoms with Crippen molar-refractivity contribution in [1.29, 1.82) is 0 Å². The second-order valence-electron chi connectivity index (χ2n) is 7.90. The van der Waals surface area contributed by atoms with Gasteiger partial charge in [0.2, 0.25) is 5.91 Å². The summed E-state index contributed by atoms with van der Waals surface area (Å²) in [5.41, 5.74) is 2.46. The number of ether oxygens (including phenoxy) is 1. The molecule has 2 aromatic carbocycles. The van der Waals surface area contributed by atoms with Crippen LogP contribution in [0.5, 0.6) is 5.75 Å². The van der Waals surface area contributed by atoms with Gasteiger partial charge < -0.3 is 15.4 Å². The number of rotatable bonds is 7. The summed E-state index contributed by atoms with van der Waals surface area (Å²) in [5, 5.41) is 5.80. The lowest BCUT2D eigenvalue weighted by Crippen LogP contribution is -2.38. The lowest BCUT2D eigenvalue weighted by molar-refractivity contribution is -0.138. The second-order valence-corrected chi connectivity index (χ2v) is 7.90. The minimum absolute atomic E-state index is 0.0360. The smallest absolute Gasteiger partial charge is 0.278 e. The summed E-state index contributed by atoms with van der Waals surface area (Å²) < 4.78 is 5.68. The van der Waals surface area contributed by atoms with Crippen LogP contribution < -0.4 is 15.4 Å². The highest BCUT2D eigenvalue weighted by molar-refractivity contribution is 6.36. The van der Waals surface area contributed by atoms with Gasteiger partial charge in [-0.2, -0.15) is 0 Å². The molecule has 7 nitrogen and oxygen atoms in total. The molecule has 0 bridgehead atoms. The molecule has 3 rings (SSSR count). The van der Waals surface area contributed by atoms with Gasteiger partial charge in [-0.05, 0) is 69.7 Å². The van der Waals surface area contributed by atoms with E-state index in [1.54, 1.807) is 62.4 Å². The highest BCUT2D eigenvalue weighted by Crippen LogP contribution is 2.32. The van der Waals surface area contributed by atoms with Crippen molar-refractivity contribution in [3.8, 4) is 5.75 Å². The molecule has 162 valence electrons. The molecule has 0 radical (unpaired) electrons. The molecule has 0 atom stereocenters. The Labute approximate surface area is 182 Å². The fourth-order valence-corrected chi connectivity index (χ4v) is 3.36. The van der Waals surface area contributed by atoms with Gasteiger partial charge in [0.1, 0.15) is 11.4 Å². The van der Waals surface area contributed by atoms with Crippen LogP contribution >= 0.6 is 0 Å². The topological polar surface area (TPSA) is 87.7 Å². The molecule has 0 fully saturated rings. The van der Waals surface area contributed by atoms with Crippen molar-refractivity contribution in [2.24, 2.45) is 0 Å². The summed E-state index contributed by atoms with van der Waals surface area (Å²) in [6.07, 6.45) is 0.0360. The van der Waals surface area contributed by atoms with Crippen LogP contribution in [0, 0.1) is 0 Å². The quantitative estimate of drug-likeness (QED) is 0.659. The second kappa shape index (κ2) is 9.04. The molecular formula is C24H27N3O4. The van der Waals surface area contributed by atoms with Gasteiger partial charge in [0.25, 0.3) is 11.8 Å². The van der Waals surface area contributed by atoms with E-state index in [2.05, 4.69) is 10.6 Å². The third-order valence-corrected chi connectivity index (χ3v) is 4.62. The van der Waals surface area contributed by atoms with Gasteiger partial charge in [0.05, 0.1) is 11.7 Å². The zero-order chi connectivity index (χ0) is 22.7. The Bertz CT molecular complexity index is 1020. The highest BCUT2D eigenvalue weighted by atomic mass is 16.5. The van der Waals surface area contributed by atoms with Crippen molar-refractivity contribution in [3.05, 3.63) is 59.8 Å². The average molecular weight is 421 g/mol. The van der Waals surface area contributed by atoms with Crippen LogP contribution in [0.15, 0.2) is 54.2 Å². The standard InChI is InChI=1S/C24H27N3O4/c1-14(2)27-23(29)21(17-6-12-20(13-7-17)31-15(3)4)22(24(27)30)26-19-10-8-18(9-11-19)25-16(5)28/h6-15,26H,1-5H3,(H,25,28). The Kier molecular flexibility index (Phi) is 6.44. The molecule has 0 aliphatic carbocycles. The molecule has 31 heavy (non-hydrogen) atoms. The molecule has 0 unspecified atom stereocenters. The first-order valence-corrected chi connectivity index (χ1v) is 10.2. The maximum atomic E-state index is 13.1. The number of benzene rings is 2. The van der Waals surface area contributed by atoms with Gasteiger partial charge in [-0.15, -0.1) is 0 Å². The molecular weight excluding hydrogens is 394 g/mol. The first-order valence-electron chi connectivity index (χ1n) is 10.2. The fraction of sp³-hybridized carbons (Fsp3) is 0.292. The van der Waals surface area contributed by atoms with Crippen LogP contribution in [0.1, 0.15) is 40.2 Å². The van der Waals surface area contributed by atoms with Gasteiger partial charge in [-0.1, -0.05) is 12.1 Å². The third-order valence-electron chi connectivity index (χ3n) is 4.62. The van der Waals surface area contributed by atoms with E-state index < -0.39 is 0 Å². The van der Waals surface area contributed by atoms with E-state index in [-0.39, 0.29) is 35.6 Å². The van der Waals surface area contributed by atoms with E-state index in [0.717, 1.165) is 0 Å². The molecule has 2 N–H and O–H groups in total. The van der Waals surface area contributed by atoms with Crippen molar-refractivity contribution < 1.29 is 19.1 Å². The average Bonchev–Trinajstić information content (AvgIpc) is 2.93. The number of anilines is 2. The molecule has 0 aromatic heterocycles. The molecule has 1 aliphatic heterocycles. The number of carbonyl (C=O) groups is 3. The lowest BCUT2D eigenvalue weighted by atomic mass is 10.0. The predicted molar refractivity (Wildman–Crippen MR) is 120 cm³/mol. The number of amides is 3. The van der Waals surface area contributed by atoms with Crippen LogP contribution in [0.2, 0.25) is 0 Å². The Morgan fingerprint density at radius 2 is 1.45 bits per heavy atom. The molecule has 1 heterocycles. The Balaban J connectivity index is 1.97. The molecule has 0 saturated carbocycles. The van der Waals surface area contributed by atoms with Crippen LogP contribution in [0.25, 0.3) is 5.57 Å². The van der Waals surface area contributed by atoms with Crippen molar-refractivity contribution in [1.82, 2.24) is 4.90 Å². The summed E-state index contributed by atoms with van der Waals surface area (Å²) >= 11 is 0. The fourth-order valence-electron chi connectivity index (χ4n) is 3.36. The van der Waals surface area contributed by atoms with E-state index in [9.17, 15) is 14.4 Å². The van der Waals surface area contributed by atoms with Crippen molar-refractivity contribution >= 4 is 34.7 Å². The van der Waals surface area contributed by atoms with E-state index in [0.29, 0.717) is 28.3 Å². The summed E-state index contributed by atoms with van der Waals surface area (Å²) in [6, 6.07) is 13.8. The molecule has 0 spiro atoms. The minimum atomic E-state index is -0.372. The van der Waals surface area contributed by atoms with Crippen LogP contribution in [0.3, 0.4) is 0 Å². The van der Waals surface area contributed by atoms with Gasteiger partial charge in [0.15, 0.2) is 0 Å². The number of carbonyl (C=O) groups excluding carboxylic acids is 3. The maximum Gasteiger partial charge on any atom is 0.278 e. The molecule has 2 aromatic rings. The largest absolute Gasteiger partial charge is 0.491 e. The molecule has 0 saturated heterocycles. The van der Waals surface area contributed by atoms with Gasteiger partial charge in [-0.25, -0.2) is 0 Å². The Morgan fingerprint density at radius 3 is 1.97 bits per heavy atom. The SMILES string of the molecule is CC(=O)Nc1ccc(NC2=C(c3ccc(OC(C)C)cc3)C(=O)N(C(C)C)C2=O)cc1. The van der Waals surface area contributed by atoms with E-state index in [4.69, 9.17) is 4.74 Å². The summed E-state index contributed by atoms with van der Waals surface area (Å²) in [7, 11) is 0. The van der Waals surface area contributed by atoms with E-state index >= 15 is 0 Å². The lowest BCUT2D eigenvalue weighted by Gasteiger charge is -2.19. The van der Waals surface area contributed by atoms with Crippen LogP contribution in [-0.2, 0) is 14.4 Å². The van der Waals surface area contributed by atoms with Crippen LogP contribution in [0.4, 0.5) is 11.4 Å². The van der Waals surface area contributed by atoms with Gasteiger partial charge in [-0.3, -0.25) is 19.3 Å². The first kappa shape index (κ1) is 22.1. The summed E-state index contributed by atoms with van der Waals surface area (Å²) in [4.78, 5) is 38.7. The first-order chi connectivity index (χ1) is 14.7. The number of imide groups is 1. The summed E-state index contributed by atoms with van der Waals surface area (Å²) in [6.45, 7) is 8.92. The summed E-state index contributed by atoms with van der Waals surface area (Å²) in [5.74, 6) is -0.182. The Hall–Kier alpha value is -3.61. The maximum absolute atomic E-state index is 13.1. The molecule has 7 heteroatoms. The monoisotopic (exact) mass is 421 g/mol. The van der Waals surface area contributed by atoms with E-state index in [1.165, 1.54) is 11.8 Å². The van der Waals surface area contributed by atoms with Crippen molar-refractivity contribution in [2.45, 2.75) is 46.8 Å². The number of hydrogen-bond donors (Lipinski definition) is 2. The minimum Gasteiger partial charge on any atom is -0.491 e. The number of nitrogens with zero attached hydrogens (tertiary/aromatic N) is 1. The molecule has 1 aliphatic rings. The normalized spacial score (nSPS) is 14.0. The third kappa shape index (κ3) is 4.94. The Morgan fingerprint density at radius 1 is 0.871 bits per heavy atom. The predicted octanol–water partition coefficient (Wildman–Crippen LogP) is 4.03. The highest BCUT2D eigenvalue weighted by Gasteiger charge is 2.40. The van der Waals surface area contributed by atoms with E-state index in [1.807, 2.05) is 13.8 Å². The molecule has 3 amide bonds. The zero-order valence-corrected chi connectivity index (χ0v) is 18.4. The van der Waals surface area contributed by atoms with Gasteiger partial charge >= 0.3 is 0 Å². The zero-order valence-electron chi connectivity index (χ0n) is 18.4. The van der Waals surface area contributed by atoms with Crippen molar-refractivity contribution in [3.63, 3.8) is 0 Å². The van der Waals surface area contributed by atoms with Crippen molar-refractivity contribution in [2.75, 3.05) is 10.6 Å². The van der Waals surface area contributed by atoms with Gasteiger partial charge in [0, 0.05) is 24.3 Å². The number of hydrogen-bond acceptors (Lipinski definition) is 5. The number of nitrogens with one attached hydrogen (secondary N) is 2.